The summed E-state index contributed by atoms with van der Waals surface area (Å²) in [6.45, 7) is 7.36. The van der Waals surface area contributed by atoms with Crippen molar-refractivity contribution < 1.29 is 18.8 Å². The van der Waals surface area contributed by atoms with Gasteiger partial charge < -0.3 is 14.0 Å². The van der Waals surface area contributed by atoms with Crippen LogP contribution in [0.1, 0.15) is 32.0 Å². The molecule has 31 heavy (non-hydrogen) atoms. The quantitative estimate of drug-likeness (QED) is 0.418. The first kappa shape index (κ1) is 20.9. The van der Waals surface area contributed by atoms with Gasteiger partial charge in [-0.2, -0.15) is 5.10 Å². The SMILES string of the molecule is Cc1cc(OCc2nn(C(=O)OC(C)(C)C)c3ncccc23)c(-c2ccno2)cc1Cl. The van der Waals surface area contributed by atoms with Gasteiger partial charge in [-0.15, -0.1) is 4.68 Å². The molecule has 0 amide bonds. The Morgan fingerprint density at radius 2 is 2.03 bits per heavy atom. The lowest BCUT2D eigenvalue weighted by Crippen LogP contribution is -2.28. The number of rotatable bonds is 4. The highest BCUT2D eigenvalue weighted by Crippen LogP contribution is 2.35. The van der Waals surface area contributed by atoms with E-state index in [2.05, 4.69) is 15.2 Å². The molecule has 0 aliphatic heterocycles. The van der Waals surface area contributed by atoms with Gasteiger partial charge in [0.15, 0.2) is 11.4 Å². The van der Waals surface area contributed by atoms with E-state index in [4.69, 9.17) is 25.6 Å². The predicted molar refractivity (Wildman–Crippen MR) is 115 cm³/mol. The number of hydrogen-bond donors (Lipinski definition) is 0. The fraction of sp³-hybridized carbons (Fsp3) is 0.273. The largest absolute Gasteiger partial charge is 0.486 e. The number of carbonyl (C=O) groups is 1. The lowest BCUT2D eigenvalue weighted by molar-refractivity contribution is 0.0520. The van der Waals surface area contributed by atoms with Crippen LogP contribution in [0.4, 0.5) is 4.79 Å². The Kier molecular flexibility index (Phi) is 5.41. The molecule has 0 fully saturated rings. The number of aryl methyl sites for hydroxylation is 1. The van der Waals surface area contributed by atoms with Crippen LogP contribution in [0.15, 0.2) is 47.2 Å². The second-order valence-corrected chi connectivity index (χ2v) is 8.38. The molecule has 0 spiro atoms. The number of carbonyl (C=O) groups excluding carboxylic acids is 1. The highest BCUT2D eigenvalue weighted by molar-refractivity contribution is 6.31. The summed E-state index contributed by atoms with van der Waals surface area (Å²) >= 11 is 6.30. The van der Waals surface area contributed by atoms with Gasteiger partial charge in [-0.05, 0) is 57.5 Å². The van der Waals surface area contributed by atoms with Gasteiger partial charge in [0.05, 0.1) is 11.8 Å². The van der Waals surface area contributed by atoms with Gasteiger partial charge in [-0.1, -0.05) is 16.8 Å². The molecule has 9 heteroatoms. The Morgan fingerprint density at radius 1 is 1.23 bits per heavy atom. The maximum atomic E-state index is 12.6. The van der Waals surface area contributed by atoms with Crippen molar-refractivity contribution in [2.75, 3.05) is 0 Å². The molecule has 1 aromatic carbocycles. The van der Waals surface area contributed by atoms with E-state index in [-0.39, 0.29) is 6.61 Å². The summed E-state index contributed by atoms with van der Waals surface area (Å²) in [7, 11) is 0. The summed E-state index contributed by atoms with van der Waals surface area (Å²) in [6.07, 6.45) is 2.54. The van der Waals surface area contributed by atoms with Crippen molar-refractivity contribution in [3.63, 3.8) is 0 Å². The summed E-state index contributed by atoms with van der Waals surface area (Å²) < 4.78 is 18.0. The molecule has 0 unspecified atom stereocenters. The number of nitrogens with zero attached hydrogens (tertiary/aromatic N) is 4. The van der Waals surface area contributed by atoms with E-state index >= 15 is 0 Å². The van der Waals surface area contributed by atoms with Crippen molar-refractivity contribution in [1.82, 2.24) is 19.9 Å². The summed E-state index contributed by atoms with van der Waals surface area (Å²) in [4.78, 5) is 16.9. The summed E-state index contributed by atoms with van der Waals surface area (Å²) in [5.41, 5.74) is 1.81. The summed E-state index contributed by atoms with van der Waals surface area (Å²) in [5, 5.41) is 9.45. The molecule has 8 nitrogen and oxygen atoms in total. The fourth-order valence-electron chi connectivity index (χ4n) is 3.02. The zero-order chi connectivity index (χ0) is 22.2. The zero-order valence-corrected chi connectivity index (χ0v) is 18.3. The van der Waals surface area contributed by atoms with E-state index in [1.807, 2.05) is 19.1 Å². The molecule has 0 aliphatic carbocycles. The molecule has 0 saturated carbocycles. The van der Waals surface area contributed by atoms with Crippen molar-refractivity contribution in [3.05, 3.63) is 59.0 Å². The molecule has 4 aromatic rings. The molecular weight excluding hydrogens is 420 g/mol. The molecule has 3 heterocycles. The van der Waals surface area contributed by atoms with E-state index in [0.717, 1.165) is 10.2 Å². The van der Waals surface area contributed by atoms with Crippen LogP contribution in [0.5, 0.6) is 5.75 Å². The molecule has 0 aliphatic rings. The molecule has 0 atom stereocenters. The number of halogens is 1. The maximum absolute atomic E-state index is 12.6. The minimum Gasteiger partial charge on any atom is -0.486 e. The van der Waals surface area contributed by atoms with Gasteiger partial charge in [0.25, 0.3) is 0 Å². The number of ether oxygens (including phenoxy) is 2. The topological polar surface area (TPSA) is 92.3 Å². The number of pyridine rings is 1. The lowest BCUT2D eigenvalue weighted by Gasteiger charge is -2.18. The molecule has 4 rings (SSSR count). The summed E-state index contributed by atoms with van der Waals surface area (Å²) in [6, 6.07) is 8.93. The summed E-state index contributed by atoms with van der Waals surface area (Å²) in [5.74, 6) is 1.09. The van der Waals surface area contributed by atoms with Gasteiger partial charge >= 0.3 is 6.09 Å². The van der Waals surface area contributed by atoms with E-state index in [1.54, 1.807) is 51.4 Å². The Hall–Kier alpha value is -3.39. The third-order valence-electron chi connectivity index (χ3n) is 4.41. The zero-order valence-electron chi connectivity index (χ0n) is 17.5. The first-order valence-electron chi connectivity index (χ1n) is 9.63. The van der Waals surface area contributed by atoms with Gasteiger partial charge in [0, 0.05) is 22.7 Å². The van der Waals surface area contributed by atoms with Crippen LogP contribution >= 0.6 is 11.6 Å². The van der Waals surface area contributed by atoms with E-state index < -0.39 is 11.7 Å². The predicted octanol–water partition coefficient (Wildman–Crippen LogP) is 5.41. The molecule has 0 radical (unpaired) electrons. The number of fused-ring (bicyclic) bond motifs is 1. The average Bonchev–Trinajstić information content (AvgIpc) is 3.35. The van der Waals surface area contributed by atoms with Gasteiger partial charge in [0.2, 0.25) is 0 Å². The Balaban J connectivity index is 1.68. The minimum absolute atomic E-state index is 0.0974. The van der Waals surface area contributed by atoms with E-state index in [0.29, 0.717) is 38.8 Å². The van der Waals surface area contributed by atoms with Crippen LogP contribution in [0.3, 0.4) is 0 Å². The van der Waals surface area contributed by atoms with Crippen LogP contribution in [-0.4, -0.2) is 31.6 Å². The van der Waals surface area contributed by atoms with Crippen molar-refractivity contribution in [3.8, 4) is 17.1 Å². The monoisotopic (exact) mass is 440 g/mol. The smallest absolute Gasteiger partial charge is 0.437 e. The van der Waals surface area contributed by atoms with Crippen LogP contribution in [0, 0.1) is 6.92 Å². The normalized spacial score (nSPS) is 11.6. The first-order chi connectivity index (χ1) is 14.7. The van der Waals surface area contributed by atoms with E-state index in [9.17, 15) is 4.79 Å². The number of aromatic nitrogens is 4. The lowest BCUT2D eigenvalue weighted by atomic mass is 10.1. The third-order valence-corrected chi connectivity index (χ3v) is 4.82. The molecule has 0 bridgehead atoms. The first-order valence-corrected chi connectivity index (χ1v) is 10.0. The second kappa shape index (κ2) is 8.03. The molecular formula is C22H21ClN4O4. The second-order valence-electron chi connectivity index (χ2n) is 7.98. The molecule has 0 saturated heterocycles. The van der Waals surface area contributed by atoms with Crippen molar-refractivity contribution in [2.24, 2.45) is 0 Å². The number of hydrogen-bond acceptors (Lipinski definition) is 7. The Morgan fingerprint density at radius 3 is 2.74 bits per heavy atom. The maximum Gasteiger partial charge on any atom is 0.437 e. The fourth-order valence-corrected chi connectivity index (χ4v) is 3.18. The average molecular weight is 441 g/mol. The van der Waals surface area contributed by atoms with E-state index in [1.165, 1.54) is 0 Å². The van der Waals surface area contributed by atoms with Crippen LogP contribution in [0.2, 0.25) is 5.02 Å². The van der Waals surface area contributed by atoms with Crippen LogP contribution < -0.4 is 4.74 Å². The van der Waals surface area contributed by atoms with Crippen LogP contribution in [-0.2, 0) is 11.3 Å². The Labute approximate surface area is 183 Å². The van der Waals surface area contributed by atoms with Gasteiger partial charge in [0.1, 0.15) is 23.7 Å². The minimum atomic E-state index is -0.659. The van der Waals surface area contributed by atoms with Gasteiger partial charge in [-0.3, -0.25) is 0 Å². The van der Waals surface area contributed by atoms with Crippen molar-refractivity contribution >= 4 is 28.7 Å². The van der Waals surface area contributed by atoms with Gasteiger partial charge in [-0.25, -0.2) is 9.78 Å². The molecule has 0 N–H and O–H groups in total. The van der Waals surface area contributed by atoms with Crippen molar-refractivity contribution in [1.29, 1.82) is 0 Å². The molecule has 160 valence electrons. The van der Waals surface area contributed by atoms with Crippen LogP contribution in [0.25, 0.3) is 22.4 Å². The Bertz CT molecular complexity index is 1240. The third kappa shape index (κ3) is 4.39. The highest BCUT2D eigenvalue weighted by Gasteiger charge is 2.23. The molecule has 3 aromatic heterocycles. The van der Waals surface area contributed by atoms with Crippen molar-refractivity contribution in [2.45, 2.75) is 39.9 Å². The standard InChI is InChI=1S/C22H21ClN4O4/c1-13-10-19(15(11-16(13)23)18-7-9-25-31-18)29-12-17-14-6-5-8-24-20(14)27(26-17)21(28)30-22(2,3)4/h5-11H,12H2,1-4H3. The highest BCUT2D eigenvalue weighted by atomic mass is 35.5. The number of benzene rings is 1.